The number of anilines is 1. The van der Waals surface area contributed by atoms with Gasteiger partial charge in [0.05, 0.1) is 0 Å². The molecular formula is C10H18N4O2. The van der Waals surface area contributed by atoms with Gasteiger partial charge < -0.3 is 4.74 Å². The summed E-state index contributed by atoms with van der Waals surface area (Å²) in [5, 5.41) is 9.18. The van der Waals surface area contributed by atoms with Crippen LogP contribution >= 0.6 is 0 Å². The lowest BCUT2D eigenvalue weighted by atomic mass is 9.89. The maximum absolute atomic E-state index is 11.9. The SMILES string of the molecule is COCCC(C)(C)C(=O)Nc1n[nH]c(C)n1. The maximum Gasteiger partial charge on any atom is 0.248 e. The third kappa shape index (κ3) is 3.30. The first kappa shape index (κ1) is 12.6. The number of amides is 1. The van der Waals surface area contributed by atoms with Gasteiger partial charge in [-0.15, -0.1) is 5.10 Å². The number of aromatic amines is 1. The summed E-state index contributed by atoms with van der Waals surface area (Å²) >= 11 is 0. The van der Waals surface area contributed by atoms with Crippen LogP contribution in [0.4, 0.5) is 5.95 Å². The van der Waals surface area contributed by atoms with Gasteiger partial charge in [0.1, 0.15) is 5.82 Å². The summed E-state index contributed by atoms with van der Waals surface area (Å²) in [7, 11) is 1.62. The summed E-state index contributed by atoms with van der Waals surface area (Å²) < 4.78 is 4.96. The Bertz CT molecular complexity index is 359. The van der Waals surface area contributed by atoms with Crippen molar-refractivity contribution >= 4 is 11.9 Å². The number of hydrogen-bond donors (Lipinski definition) is 2. The van der Waals surface area contributed by atoms with Gasteiger partial charge in [-0.3, -0.25) is 15.2 Å². The summed E-state index contributed by atoms with van der Waals surface area (Å²) in [6.07, 6.45) is 0.652. The number of H-pyrrole nitrogens is 1. The number of carbonyl (C=O) groups is 1. The molecule has 0 unspecified atom stereocenters. The molecule has 0 saturated carbocycles. The summed E-state index contributed by atoms with van der Waals surface area (Å²) in [4.78, 5) is 15.9. The first-order chi connectivity index (χ1) is 7.45. The van der Waals surface area contributed by atoms with Crippen molar-refractivity contribution in [1.29, 1.82) is 0 Å². The Morgan fingerprint density at radius 2 is 2.25 bits per heavy atom. The number of aryl methyl sites for hydroxylation is 1. The van der Waals surface area contributed by atoms with Crippen molar-refractivity contribution in [2.75, 3.05) is 19.0 Å². The van der Waals surface area contributed by atoms with Gasteiger partial charge in [0.2, 0.25) is 11.9 Å². The molecule has 1 aromatic heterocycles. The number of hydrogen-bond acceptors (Lipinski definition) is 4. The van der Waals surface area contributed by atoms with E-state index in [1.54, 1.807) is 14.0 Å². The minimum atomic E-state index is -0.495. The molecular weight excluding hydrogens is 208 g/mol. The zero-order valence-electron chi connectivity index (χ0n) is 10.1. The van der Waals surface area contributed by atoms with Gasteiger partial charge in [-0.2, -0.15) is 4.98 Å². The van der Waals surface area contributed by atoms with Gasteiger partial charge in [0, 0.05) is 19.1 Å². The van der Waals surface area contributed by atoms with Crippen molar-refractivity contribution in [2.45, 2.75) is 27.2 Å². The van der Waals surface area contributed by atoms with Crippen molar-refractivity contribution in [3.63, 3.8) is 0 Å². The molecule has 1 amide bonds. The van der Waals surface area contributed by atoms with Crippen molar-refractivity contribution in [3.8, 4) is 0 Å². The van der Waals surface area contributed by atoms with E-state index in [2.05, 4.69) is 20.5 Å². The minimum Gasteiger partial charge on any atom is -0.385 e. The zero-order valence-corrected chi connectivity index (χ0v) is 10.1. The molecule has 90 valence electrons. The number of rotatable bonds is 5. The van der Waals surface area contributed by atoms with Gasteiger partial charge in [0.15, 0.2) is 0 Å². The lowest BCUT2D eigenvalue weighted by Crippen LogP contribution is -2.32. The fourth-order valence-corrected chi connectivity index (χ4v) is 1.14. The fourth-order valence-electron chi connectivity index (χ4n) is 1.14. The molecule has 0 aliphatic carbocycles. The summed E-state index contributed by atoms with van der Waals surface area (Å²) in [6.45, 7) is 6.05. The molecule has 0 radical (unpaired) electrons. The molecule has 1 aromatic rings. The maximum atomic E-state index is 11.9. The Morgan fingerprint density at radius 1 is 1.56 bits per heavy atom. The van der Waals surface area contributed by atoms with E-state index in [9.17, 15) is 4.79 Å². The lowest BCUT2D eigenvalue weighted by molar-refractivity contribution is -0.124. The topological polar surface area (TPSA) is 79.9 Å². The average molecular weight is 226 g/mol. The first-order valence-corrected chi connectivity index (χ1v) is 5.15. The van der Waals surface area contributed by atoms with Crippen molar-refractivity contribution in [3.05, 3.63) is 5.82 Å². The number of methoxy groups -OCH3 is 1. The molecule has 6 heteroatoms. The molecule has 0 aliphatic heterocycles. The van der Waals surface area contributed by atoms with E-state index in [4.69, 9.17) is 4.74 Å². The van der Waals surface area contributed by atoms with Gasteiger partial charge >= 0.3 is 0 Å². The van der Waals surface area contributed by atoms with Crippen molar-refractivity contribution in [1.82, 2.24) is 15.2 Å². The van der Waals surface area contributed by atoms with Crippen LogP contribution in [0, 0.1) is 12.3 Å². The van der Waals surface area contributed by atoms with Gasteiger partial charge in [0.25, 0.3) is 0 Å². The van der Waals surface area contributed by atoms with E-state index < -0.39 is 5.41 Å². The zero-order chi connectivity index (χ0) is 12.2. The quantitative estimate of drug-likeness (QED) is 0.788. The van der Waals surface area contributed by atoms with Gasteiger partial charge in [-0.05, 0) is 13.3 Å². The van der Waals surface area contributed by atoms with E-state index in [1.165, 1.54) is 0 Å². The van der Waals surface area contributed by atoms with Crippen molar-refractivity contribution < 1.29 is 9.53 Å². The predicted octanol–water partition coefficient (Wildman–Crippen LogP) is 1.11. The van der Waals surface area contributed by atoms with Crippen LogP contribution < -0.4 is 5.32 Å². The Kier molecular flexibility index (Phi) is 4.00. The molecule has 1 rings (SSSR count). The Labute approximate surface area is 94.8 Å². The van der Waals surface area contributed by atoms with Gasteiger partial charge in [-0.25, -0.2) is 0 Å². The number of aromatic nitrogens is 3. The van der Waals surface area contributed by atoms with Crippen LogP contribution in [0.15, 0.2) is 0 Å². The second kappa shape index (κ2) is 5.07. The number of nitrogens with zero attached hydrogens (tertiary/aromatic N) is 2. The third-order valence-electron chi connectivity index (χ3n) is 2.37. The van der Waals surface area contributed by atoms with Crippen LogP contribution in [-0.4, -0.2) is 34.8 Å². The van der Waals surface area contributed by atoms with Crippen LogP contribution in [0.2, 0.25) is 0 Å². The highest BCUT2D eigenvalue weighted by atomic mass is 16.5. The van der Waals surface area contributed by atoms with Crippen LogP contribution in [0.5, 0.6) is 0 Å². The summed E-state index contributed by atoms with van der Waals surface area (Å²) in [5.41, 5.74) is -0.495. The fraction of sp³-hybridized carbons (Fsp3) is 0.700. The molecule has 0 fully saturated rings. The average Bonchev–Trinajstić information content (AvgIpc) is 2.61. The molecule has 2 N–H and O–H groups in total. The van der Waals surface area contributed by atoms with E-state index in [-0.39, 0.29) is 5.91 Å². The number of carbonyl (C=O) groups excluding carboxylic acids is 1. The molecule has 0 aliphatic rings. The predicted molar refractivity (Wildman–Crippen MR) is 60.0 cm³/mol. The van der Waals surface area contributed by atoms with Crippen LogP contribution in [0.3, 0.4) is 0 Å². The van der Waals surface area contributed by atoms with Crippen molar-refractivity contribution in [2.24, 2.45) is 5.41 Å². The van der Waals surface area contributed by atoms with E-state index >= 15 is 0 Å². The third-order valence-corrected chi connectivity index (χ3v) is 2.37. The molecule has 16 heavy (non-hydrogen) atoms. The molecule has 0 bridgehead atoms. The highest BCUT2D eigenvalue weighted by Crippen LogP contribution is 2.21. The van der Waals surface area contributed by atoms with E-state index in [1.807, 2.05) is 13.8 Å². The van der Waals surface area contributed by atoms with Crippen LogP contribution in [-0.2, 0) is 9.53 Å². The smallest absolute Gasteiger partial charge is 0.248 e. The molecule has 0 atom stereocenters. The number of ether oxygens (including phenoxy) is 1. The van der Waals surface area contributed by atoms with Crippen LogP contribution in [0.1, 0.15) is 26.1 Å². The highest BCUT2D eigenvalue weighted by Gasteiger charge is 2.28. The highest BCUT2D eigenvalue weighted by molar-refractivity contribution is 5.93. The minimum absolute atomic E-state index is 0.108. The Balaban J connectivity index is 2.57. The summed E-state index contributed by atoms with van der Waals surface area (Å²) in [5.74, 6) is 0.876. The van der Waals surface area contributed by atoms with E-state index in [0.717, 1.165) is 0 Å². The second-order valence-electron chi connectivity index (χ2n) is 4.33. The molecule has 1 heterocycles. The second-order valence-corrected chi connectivity index (χ2v) is 4.33. The lowest BCUT2D eigenvalue weighted by Gasteiger charge is -2.21. The van der Waals surface area contributed by atoms with E-state index in [0.29, 0.717) is 24.8 Å². The Morgan fingerprint density at radius 3 is 2.75 bits per heavy atom. The normalized spacial score (nSPS) is 11.5. The standard InChI is InChI=1S/C10H18N4O2/c1-7-11-9(14-13-7)12-8(15)10(2,3)5-6-16-4/h5-6H2,1-4H3,(H2,11,12,13,14,15). The molecule has 0 aromatic carbocycles. The Hall–Kier alpha value is -1.43. The molecule has 0 spiro atoms. The first-order valence-electron chi connectivity index (χ1n) is 5.15. The molecule has 6 nitrogen and oxygen atoms in total. The largest absolute Gasteiger partial charge is 0.385 e. The van der Waals surface area contributed by atoms with Crippen LogP contribution in [0.25, 0.3) is 0 Å². The number of nitrogens with one attached hydrogen (secondary N) is 2. The summed E-state index contributed by atoms with van der Waals surface area (Å²) in [6, 6.07) is 0. The van der Waals surface area contributed by atoms with Gasteiger partial charge in [-0.1, -0.05) is 13.8 Å². The monoisotopic (exact) mass is 226 g/mol. The molecule has 0 saturated heterocycles.